The van der Waals surface area contributed by atoms with Crippen LogP contribution in [0, 0.1) is 12.8 Å². The van der Waals surface area contributed by atoms with E-state index in [2.05, 4.69) is 27.1 Å². The van der Waals surface area contributed by atoms with Crippen molar-refractivity contribution in [1.29, 1.82) is 0 Å². The summed E-state index contributed by atoms with van der Waals surface area (Å²) in [5.41, 5.74) is 0.966. The zero-order chi connectivity index (χ0) is 15.5. The molecule has 6 nitrogen and oxygen atoms in total. The van der Waals surface area contributed by atoms with Crippen LogP contribution in [0.25, 0.3) is 0 Å². The van der Waals surface area contributed by atoms with Crippen LogP contribution >= 0.6 is 0 Å². The molecule has 2 heterocycles. The molecule has 22 heavy (non-hydrogen) atoms. The monoisotopic (exact) mass is 303 g/mol. The maximum atomic E-state index is 12.2. The lowest BCUT2D eigenvalue weighted by molar-refractivity contribution is -0.131. The van der Waals surface area contributed by atoms with E-state index in [9.17, 15) is 4.79 Å². The summed E-state index contributed by atoms with van der Waals surface area (Å²) in [5.74, 6) is 2.62. The molecule has 1 aromatic rings. The van der Waals surface area contributed by atoms with E-state index in [0.29, 0.717) is 11.8 Å². The lowest BCUT2D eigenvalue weighted by Crippen LogP contribution is -2.49. The Morgan fingerprint density at radius 3 is 2.64 bits per heavy atom. The quantitative estimate of drug-likeness (QED) is 0.896. The van der Waals surface area contributed by atoms with Gasteiger partial charge in [-0.05, 0) is 32.6 Å². The van der Waals surface area contributed by atoms with Crippen molar-refractivity contribution in [1.82, 2.24) is 14.9 Å². The van der Waals surface area contributed by atoms with Crippen molar-refractivity contribution in [3.8, 4) is 0 Å². The van der Waals surface area contributed by atoms with Gasteiger partial charge in [0.2, 0.25) is 11.9 Å². The van der Waals surface area contributed by atoms with Crippen LogP contribution in [0.15, 0.2) is 6.07 Å². The van der Waals surface area contributed by atoms with Crippen LogP contribution in [0.1, 0.15) is 31.9 Å². The van der Waals surface area contributed by atoms with E-state index in [0.717, 1.165) is 56.6 Å². The van der Waals surface area contributed by atoms with Gasteiger partial charge >= 0.3 is 0 Å². The Morgan fingerprint density at radius 2 is 2.00 bits per heavy atom. The molecule has 0 spiro atoms. The molecule has 120 valence electrons. The van der Waals surface area contributed by atoms with Crippen molar-refractivity contribution in [2.24, 2.45) is 5.92 Å². The van der Waals surface area contributed by atoms with Gasteiger partial charge in [-0.15, -0.1) is 0 Å². The van der Waals surface area contributed by atoms with Crippen molar-refractivity contribution in [3.05, 3.63) is 11.8 Å². The van der Waals surface area contributed by atoms with Crippen LogP contribution in [-0.4, -0.2) is 53.5 Å². The number of anilines is 2. The summed E-state index contributed by atoms with van der Waals surface area (Å²) in [4.78, 5) is 25.4. The maximum absolute atomic E-state index is 12.2. The van der Waals surface area contributed by atoms with Crippen molar-refractivity contribution >= 4 is 17.7 Å². The molecule has 3 rings (SSSR count). The fraction of sp³-hybridized carbons (Fsp3) is 0.688. The molecule has 2 fully saturated rings. The van der Waals surface area contributed by atoms with E-state index in [-0.39, 0.29) is 0 Å². The average Bonchev–Trinajstić information content (AvgIpc) is 3.31. The molecule has 1 amide bonds. The van der Waals surface area contributed by atoms with Gasteiger partial charge in [-0.25, -0.2) is 4.98 Å². The molecule has 2 aliphatic rings. The summed E-state index contributed by atoms with van der Waals surface area (Å²) in [6, 6.07) is 1.96. The van der Waals surface area contributed by atoms with E-state index in [1.165, 1.54) is 12.8 Å². The van der Waals surface area contributed by atoms with Gasteiger partial charge in [-0.1, -0.05) is 0 Å². The number of amides is 1. The Bertz CT molecular complexity index is 535. The largest absolute Gasteiger partial charge is 0.370 e. The maximum Gasteiger partial charge on any atom is 0.227 e. The molecule has 0 atom stereocenters. The van der Waals surface area contributed by atoms with Crippen molar-refractivity contribution < 1.29 is 4.79 Å². The number of hydrogen-bond acceptors (Lipinski definition) is 5. The van der Waals surface area contributed by atoms with Gasteiger partial charge < -0.3 is 15.1 Å². The number of hydrogen-bond donors (Lipinski definition) is 1. The summed E-state index contributed by atoms with van der Waals surface area (Å²) in [6.07, 6.45) is 3.21. The number of nitrogens with one attached hydrogen (secondary N) is 1. The summed E-state index contributed by atoms with van der Waals surface area (Å²) in [7, 11) is 0. The highest BCUT2D eigenvalue weighted by molar-refractivity contribution is 5.77. The van der Waals surface area contributed by atoms with E-state index >= 15 is 0 Å². The molecular weight excluding hydrogens is 278 g/mol. The number of rotatable bonds is 5. The molecular formula is C16H25N5O. The molecule has 0 radical (unpaired) electrons. The fourth-order valence-corrected chi connectivity index (χ4v) is 2.82. The van der Waals surface area contributed by atoms with Crippen LogP contribution in [0.2, 0.25) is 0 Å². The minimum Gasteiger partial charge on any atom is -0.370 e. The van der Waals surface area contributed by atoms with Gasteiger partial charge in [0, 0.05) is 50.9 Å². The second kappa shape index (κ2) is 6.50. The molecule has 6 heteroatoms. The molecule has 1 saturated heterocycles. The third-order valence-corrected chi connectivity index (χ3v) is 4.28. The van der Waals surface area contributed by atoms with Crippen LogP contribution in [0.3, 0.4) is 0 Å². The first-order chi connectivity index (χ1) is 10.7. The van der Waals surface area contributed by atoms with Crippen LogP contribution in [-0.2, 0) is 4.79 Å². The molecule has 0 unspecified atom stereocenters. The molecule has 0 bridgehead atoms. The van der Waals surface area contributed by atoms with Crippen LogP contribution in [0.5, 0.6) is 0 Å². The normalized spacial score (nSPS) is 18.5. The number of piperazine rings is 1. The van der Waals surface area contributed by atoms with Crippen molar-refractivity contribution in [2.75, 3.05) is 42.9 Å². The Kier molecular flexibility index (Phi) is 4.45. The first-order valence-corrected chi connectivity index (χ1v) is 8.28. The Morgan fingerprint density at radius 1 is 1.27 bits per heavy atom. The van der Waals surface area contributed by atoms with E-state index in [1.54, 1.807) is 0 Å². The highest BCUT2D eigenvalue weighted by Gasteiger charge is 2.29. The Hall–Kier alpha value is -1.85. The summed E-state index contributed by atoms with van der Waals surface area (Å²) in [5, 5.41) is 3.24. The molecule has 1 aromatic heterocycles. The number of aryl methyl sites for hydroxylation is 1. The molecule has 1 N–H and O–H groups in total. The summed E-state index contributed by atoms with van der Waals surface area (Å²) >= 11 is 0. The third kappa shape index (κ3) is 3.67. The van der Waals surface area contributed by atoms with Crippen molar-refractivity contribution in [3.63, 3.8) is 0 Å². The smallest absolute Gasteiger partial charge is 0.227 e. The second-order valence-electron chi connectivity index (χ2n) is 6.24. The van der Waals surface area contributed by atoms with Crippen molar-refractivity contribution in [2.45, 2.75) is 33.1 Å². The standard InChI is InChI=1S/C16H25N5O/c1-3-17-14-10-12(2)18-16(19-14)21-8-6-20(7-9-21)15(22)11-13-4-5-13/h10,13H,3-9,11H2,1-2H3,(H,17,18,19). The lowest BCUT2D eigenvalue weighted by atomic mass is 10.2. The number of carbonyl (C=O) groups excluding carboxylic acids is 1. The van der Waals surface area contributed by atoms with Crippen LogP contribution in [0.4, 0.5) is 11.8 Å². The minimum atomic E-state index is 0.320. The van der Waals surface area contributed by atoms with E-state index in [4.69, 9.17) is 0 Å². The predicted octanol–water partition coefficient (Wildman–Crippen LogP) is 1.67. The third-order valence-electron chi connectivity index (χ3n) is 4.28. The van der Waals surface area contributed by atoms with Crippen LogP contribution < -0.4 is 10.2 Å². The molecule has 0 aromatic carbocycles. The first kappa shape index (κ1) is 15.1. The average molecular weight is 303 g/mol. The number of nitrogens with zero attached hydrogens (tertiary/aromatic N) is 4. The summed E-state index contributed by atoms with van der Waals surface area (Å²) < 4.78 is 0. The Balaban J connectivity index is 1.59. The van der Waals surface area contributed by atoms with Gasteiger partial charge in [0.05, 0.1) is 0 Å². The van der Waals surface area contributed by atoms with Gasteiger partial charge in [0.1, 0.15) is 5.82 Å². The summed E-state index contributed by atoms with van der Waals surface area (Å²) in [6.45, 7) is 8.07. The highest BCUT2D eigenvalue weighted by Crippen LogP contribution is 2.33. The lowest BCUT2D eigenvalue weighted by Gasteiger charge is -2.35. The SMILES string of the molecule is CCNc1cc(C)nc(N2CCN(C(=O)CC3CC3)CC2)n1. The predicted molar refractivity (Wildman–Crippen MR) is 87.1 cm³/mol. The van der Waals surface area contributed by atoms with E-state index < -0.39 is 0 Å². The zero-order valence-electron chi connectivity index (χ0n) is 13.5. The Labute approximate surface area is 131 Å². The van der Waals surface area contributed by atoms with Gasteiger partial charge in [0.25, 0.3) is 0 Å². The fourth-order valence-electron chi connectivity index (χ4n) is 2.82. The second-order valence-corrected chi connectivity index (χ2v) is 6.24. The minimum absolute atomic E-state index is 0.320. The highest BCUT2D eigenvalue weighted by atomic mass is 16.2. The zero-order valence-corrected chi connectivity index (χ0v) is 13.5. The van der Waals surface area contributed by atoms with E-state index in [1.807, 2.05) is 17.9 Å². The number of aromatic nitrogens is 2. The first-order valence-electron chi connectivity index (χ1n) is 8.28. The molecule has 1 aliphatic carbocycles. The molecule has 1 aliphatic heterocycles. The topological polar surface area (TPSA) is 61.4 Å². The van der Waals surface area contributed by atoms with Gasteiger partial charge in [0.15, 0.2) is 0 Å². The molecule has 1 saturated carbocycles. The van der Waals surface area contributed by atoms with Gasteiger partial charge in [-0.2, -0.15) is 4.98 Å². The van der Waals surface area contributed by atoms with Gasteiger partial charge in [-0.3, -0.25) is 4.79 Å². The number of carbonyl (C=O) groups is 1.